The van der Waals surface area contributed by atoms with Gasteiger partial charge in [0, 0.05) is 6.08 Å². The van der Waals surface area contributed by atoms with E-state index in [1.54, 1.807) is 3.11 Å². The summed E-state index contributed by atoms with van der Waals surface area (Å²) in [6.45, 7) is 0.410. The molecule has 0 radical (unpaired) electrons. The molecule has 1 amide bonds. The number of carbonyl (C=O) groups excluding carboxylic acids is 1. The summed E-state index contributed by atoms with van der Waals surface area (Å²) in [7, 11) is 0. The van der Waals surface area contributed by atoms with Crippen LogP contribution in [0.25, 0.3) is 0 Å². The molecule has 0 aromatic carbocycles. The van der Waals surface area contributed by atoms with E-state index in [9.17, 15) is 9.90 Å². The monoisotopic (exact) mass is 517 g/mol. The second kappa shape index (κ2) is 12.5. The number of hydrogen-bond acceptors (Lipinski definition) is 3. The SMILES string of the molecule is O=C1C=C(O)C(CO[C@@H]2CCCCC(CC3CCCCCCCC3)CCC2)N1I. The van der Waals surface area contributed by atoms with E-state index < -0.39 is 0 Å². The van der Waals surface area contributed by atoms with Gasteiger partial charge < -0.3 is 9.84 Å². The number of hydrogen-bond donors (Lipinski definition) is 1. The molecule has 1 heterocycles. The lowest BCUT2D eigenvalue weighted by Gasteiger charge is -2.24. The van der Waals surface area contributed by atoms with Crippen molar-refractivity contribution in [2.45, 2.75) is 115 Å². The van der Waals surface area contributed by atoms with Crippen molar-refractivity contribution in [3.8, 4) is 0 Å². The highest BCUT2D eigenvalue weighted by molar-refractivity contribution is 14.1. The molecule has 0 spiro atoms. The average molecular weight is 517 g/mol. The number of aliphatic hydroxyl groups excluding tert-OH is 1. The minimum atomic E-state index is -0.313. The average Bonchev–Trinajstić information content (AvgIpc) is 3.06. The summed E-state index contributed by atoms with van der Waals surface area (Å²) in [5, 5.41) is 9.96. The van der Waals surface area contributed by atoms with Gasteiger partial charge in [0.15, 0.2) is 0 Å². The van der Waals surface area contributed by atoms with Gasteiger partial charge in [-0.1, -0.05) is 83.5 Å². The Morgan fingerprint density at radius 3 is 2.00 bits per heavy atom. The highest BCUT2D eigenvalue weighted by Crippen LogP contribution is 2.33. The quantitative estimate of drug-likeness (QED) is 0.320. The predicted octanol–water partition coefficient (Wildman–Crippen LogP) is 6.88. The van der Waals surface area contributed by atoms with Gasteiger partial charge in [0.05, 0.1) is 35.6 Å². The molecule has 0 aromatic heterocycles. The summed E-state index contributed by atoms with van der Waals surface area (Å²) in [6, 6.07) is -0.313. The molecule has 4 nitrogen and oxygen atoms in total. The van der Waals surface area contributed by atoms with Crippen molar-refractivity contribution in [3.05, 3.63) is 11.8 Å². The van der Waals surface area contributed by atoms with Gasteiger partial charge in [0.25, 0.3) is 5.91 Å². The zero-order valence-corrected chi connectivity index (χ0v) is 20.2. The maximum atomic E-state index is 11.7. The van der Waals surface area contributed by atoms with Crippen LogP contribution in [0.4, 0.5) is 0 Å². The summed E-state index contributed by atoms with van der Waals surface area (Å²) in [6.07, 6.45) is 23.5. The Labute approximate surface area is 191 Å². The lowest BCUT2D eigenvalue weighted by molar-refractivity contribution is -0.121. The first-order valence-electron chi connectivity index (χ1n) is 12.1. The number of amides is 1. The molecule has 5 heteroatoms. The molecule has 2 aliphatic carbocycles. The summed E-state index contributed by atoms with van der Waals surface area (Å²) in [5.74, 6) is 1.88. The molecule has 0 saturated heterocycles. The van der Waals surface area contributed by atoms with Crippen LogP contribution >= 0.6 is 22.9 Å². The fourth-order valence-corrected chi connectivity index (χ4v) is 6.07. The van der Waals surface area contributed by atoms with Crippen molar-refractivity contribution in [3.63, 3.8) is 0 Å². The van der Waals surface area contributed by atoms with Crippen molar-refractivity contribution in [1.29, 1.82) is 0 Å². The zero-order valence-electron chi connectivity index (χ0n) is 18.0. The van der Waals surface area contributed by atoms with E-state index in [4.69, 9.17) is 4.74 Å². The first-order chi connectivity index (χ1) is 14.1. The lowest BCUT2D eigenvalue weighted by Crippen LogP contribution is -2.32. The molecule has 29 heavy (non-hydrogen) atoms. The van der Waals surface area contributed by atoms with Gasteiger partial charge in [0.1, 0.15) is 11.8 Å². The van der Waals surface area contributed by atoms with E-state index in [1.165, 1.54) is 96.0 Å². The van der Waals surface area contributed by atoms with Crippen LogP contribution in [0.15, 0.2) is 11.8 Å². The number of rotatable bonds is 5. The van der Waals surface area contributed by atoms with E-state index in [2.05, 4.69) is 0 Å². The minimum absolute atomic E-state index is 0.140. The third-order valence-electron chi connectivity index (χ3n) is 7.26. The molecule has 2 fully saturated rings. The van der Waals surface area contributed by atoms with E-state index in [0.29, 0.717) is 6.61 Å². The van der Waals surface area contributed by atoms with Gasteiger partial charge in [-0.3, -0.25) is 7.91 Å². The topological polar surface area (TPSA) is 49.8 Å². The molecule has 0 aromatic rings. The zero-order chi connectivity index (χ0) is 20.5. The Hall–Kier alpha value is -0.300. The molecule has 166 valence electrons. The van der Waals surface area contributed by atoms with Gasteiger partial charge in [-0.05, 0) is 31.1 Å². The third-order valence-corrected chi connectivity index (χ3v) is 8.40. The van der Waals surface area contributed by atoms with Crippen molar-refractivity contribution in [1.82, 2.24) is 3.11 Å². The van der Waals surface area contributed by atoms with Crippen molar-refractivity contribution in [2.75, 3.05) is 6.61 Å². The highest BCUT2D eigenvalue weighted by Gasteiger charge is 2.32. The van der Waals surface area contributed by atoms with Crippen molar-refractivity contribution >= 4 is 28.8 Å². The van der Waals surface area contributed by atoms with Crippen LogP contribution < -0.4 is 0 Å². The van der Waals surface area contributed by atoms with E-state index in [0.717, 1.165) is 24.7 Å². The molecular formula is C24H40INO3. The van der Waals surface area contributed by atoms with Crippen LogP contribution in [0.5, 0.6) is 0 Å². The van der Waals surface area contributed by atoms with Crippen molar-refractivity contribution in [2.24, 2.45) is 11.8 Å². The second-order valence-corrected chi connectivity index (χ2v) is 10.6. The van der Waals surface area contributed by atoms with Gasteiger partial charge in [-0.25, -0.2) is 0 Å². The lowest BCUT2D eigenvalue weighted by atomic mass is 9.83. The van der Waals surface area contributed by atoms with E-state index in [-0.39, 0.29) is 23.8 Å². The fraction of sp³-hybridized carbons (Fsp3) is 0.875. The fourth-order valence-electron chi connectivity index (χ4n) is 5.49. The summed E-state index contributed by atoms with van der Waals surface area (Å²) < 4.78 is 7.73. The first-order valence-corrected chi connectivity index (χ1v) is 13.1. The number of ether oxygens (including phenoxy) is 1. The standard InChI is InChI=1S/C24H40INO3/c25-26-22(23(27)17-24(26)28)18-29-21-14-8-7-12-20(13-9-15-21)16-19-10-5-3-1-2-4-6-11-19/h17,19-22,27H,1-16,18H2/t20?,21-,22?/m1/s1. The molecule has 3 atom stereocenters. The van der Waals surface area contributed by atoms with E-state index >= 15 is 0 Å². The number of carbonyl (C=O) groups is 1. The molecule has 2 unspecified atom stereocenters. The van der Waals surface area contributed by atoms with Crippen LogP contribution in [0, 0.1) is 11.8 Å². The van der Waals surface area contributed by atoms with Crippen LogP contribution in [0.3, 0.4) is 0 Å². The normalized spacial score (nSPS) is 31.2. The predicted molar refractivity (Wildman–Crippen MR) is 126 cm³/mol. The minimum Gasteiger partial charge on any atom is -0.510 e. The molecular weight excluding hydrogens is 477 g/mol. The van der Waals surface area contributed by atoms with Crippen LogP contribution in [0.2, 0.25) is 0 Å². The smallest absolute Gasteiger partial charge is 0.259 e. The number of nitrogens with zero attached hydrogens (tertiary/aromatic N) is 1. The molecule has 3 aliphatic rings. The first kappa shape index (κ1) is 23.4. The Bertz CT molecular complexity index is 528. The van der Waals surface area contributed by atoms with Crippen molar-refractivity contribution < 1.29 is 14.6 Å². The maximum Gasteiger partial charge on any atom is 0.259 e. The molecule has 0 bridgehead atoms. The summed E-state index contributed by atoms with van der Waals surface area (Å²) in [5.41, 5.74) is 0. The van der Waals surface area contributed by atoms with Gasteiger partial charge in [0.2, 0.25) is 0 Å². The Balaban J connectivity index is 1.41. The van der Waals surface area contributed by atoms with Gasteiger partial charge in [-0.2, -0.15) is 0 Å². The molecule has 1 aliphatic heterocycles. The van der Waals surface area contributed by atoms with Crippen LogP contribution in [-0.4, -0.2) is 32.9 Å². The second-order valence-electron chi connectivity index (χ2n) is 9.57. The highest BCUT2D eigenvalue weighted by atomic mass is 127. The Kier molecular flexibility index (Phi) is 10.1. The van der Waals surface area contributed by atoms with Gasteiger partial charge >= 0.3 is 0 Å². The Morgan fingerprint density at radius 1 is 0.862 bits per heavy atom. The van der Waals surface area contributed by atoms with Crippen LogP contribution in [-0.2, 0) is 9.53 Å². The summed E-state index contributed by atoms with van der Waals surface area (Å²) >= 11 is 1.98. The third kappa shape index (κ3) is 7.71. The number of aliphatic hydroxyl groups is 1. The molecule has 3 rings (SSSR count). The largest absolute Gasteiger partial charge is 0.510 e. The van der Waals surface area contributed by atoms with Gasteiger partial charge in [-0.15, -0.1) is 0 Å². The summed E-state index contributed by atoms with van der Waals surface area (Å²) in [4.78, 5) is 11.7. The Morgan fingerprint density at radius 2 is 1.38 bits per heavy atom. The maximum absolute atomic E-state index is 11.7. The molecule has 2 saturated carbocycles. The number of halogens is 1. The van der Waals surface area contributed by atoms with Crippen LogP contribution in [0.1, 0.15) is 103 Å². The van der Waals surface area contributed by atoms with E-state index in [1.807, 2.05) is 22.9 Å². The molecule has 1 N–H and O–H groups in total.